The maximum Gasteiger partial charge on any atom is 0.350 e. The third-order valence-corrected chi connectivity index (χ3v) is 5.39. The SMILES string of the molecule is Cn1cccc(C(=O)N2CCCC(c3nn(C)c(=O)n3-c3ccccc3)C2)c1=O. The van der Waals surface area contributed by atoms with Crippen molar-refractivity contribution in [2.24, 2.45) is 14.1 Å². The molecule has 8 nitrogen and oxygen atoms in total. The average molecular weight is 393 g/mol. The number of aromatic nitrogens is 4. The van der Waals surface area contributed by atoms with Crippen molar-refractivity contribution >= 4 is 5.91 Å². The van der Waals surface area contributed by atoms with E-state index >= 15 is 0 Å². The van der Waals surface area contributed by atoms with E-state index in [1.807, 2.05) is 30.3 Å². The third-order valence-electron chi connectivity index (χ3n) is 5.39. The van der Waals surface area contributed by atoms with Crippen LogP contribution in [0.3, 0.4) is 0 Å². The van der Waals surface area contributed by atoms with Crippen LogP contribution in [-0.2, 0) is 14.1 Å². The monoisotopic (exact) mass is 393 g/mol. The molecule has 0 N–H and O–H groups in total. The summed E-state index contributed by atoms with van der Waals surface area (Å²) >= 11 is 0. The van der Waals surface area contributed by atoms with E-state index in [2.05, 4.69) is 5.10 Å². The summed E-state index contributed by atoms with van der Waals surface area (Å²) in [6.07, 6.45) is 3.23. The van der Waals surface area contributed by atoms with Gasteiger partial charge in [0.2, 0.25) is 0 Å². The maximum atomic E-state index is 13.0. The Kier molecular flexibility index (Phi) is 4.92. The second-order valence-electron chi connectivity index (χ2n) is 7.36. The topological polar surface area (TPSA) is 82.1 Å². The summed E-state index contributed by atoms with van der Waals surface area (Å²) in [6, 6.07) is 12.6. The fourth-order valence-corrected chi connectivity index (χ4v) is 3.87. The molecule has 150 valence electrons. The molecule has 0 saturated carbocycles. The van der Waals surface area contributed by atoms with Crippen LogP contribution < -0.4 is 11.2 Å². The Balaban J connectivity index is 1.67. The number of para-hydroxylation sites is 1. The number of aryl methyl sites for hydroxylation is 2. The van der Waals surface area contributed by atoms with Gasteiger partial charge in [-0.05, 0) is 37.1 Å². The first-order valence-corrected chi connectivity index (χ1v) is 9.63. The van der Waals surface area contributed by atoms with E-state index in [1.165, 1.54) is 9.25 Å². The van der Waals surface area contributed by atoms with Crippen molar-refractivity contribution in [3.8, 4) is 5.69 Å². The minimum Gasteiger partial charge on any atom is -0.338 e. The molecule has 1 aliphatic heterocycles. The highest BCUT2D eigenvalue weighted by molar-refractivity contribution is 5.93. The number of likely N-dealkylation sites (tertiary alicyclic amines) is 1. The van der Waals surface area contributed by atoms with Gasteiger partial charge in [0, 0.05) is 39.3 Å². The Bertz CT molecular complexity index is 1160. The number of piperidine rings is 1. The normalized spacial score (nSPS) is 16.8. The van der Waals surface area contributed by atoms with Crippen LogP contribution in [0.2, 0.25) is 0 Å². The fourth-order valence-electron chi connectivity index (χ4n) is 3.87. The minimum atomic E-state index is -0.307. The Morgan fingerprint density at radius 1 is 1.07 bits per heavy atom. The van der Waals surface area contributed by atoms with Crippen LogP contribution in [0, 0.1) is 0 Å². The first kappa shape index (κ1) is 18.9. The van der Waals surface area contributed by atoms with E-state index in [0.29, 0.717) is 18.9 Å². The summed E-state index contributed by atoms with van der Waals surface area (Å²) in [4.78, 5) is 39.7. The molecule has 8 heteroatoms. The van der Waals surface area contributed by atoms with Crippen LogP contribution in [0.4, 0.5) is 0 Å². The fraction of sp³-hybridized carbons (Fsp3) is 0.333. The summed E-state index contributed by atoms with van der Waals surface area (Å²) in [5.74, 6) is 0.275. The zero-order valence-corrected chi connectivity index (χ0v) is 16.5. The van der Waals surface area contributed by atoms with Crippen molar-refractivity contribution in [2.75, 3.05) is 13.1 Å². The Hall–Kier alpha value is -3.42. The van der Waals surface area contributed by atoms with E-state index in [-0.39, 0.29) is 28.6 Å². The average Bonchev–Trinajstić information content (AvgIpc) is 3.05. The summed E-state index contributed by atoms with van der Waals surface area (Å²) in [7, 11) is 3.26. The molecular weight excluding hydrogens is 370 g/mol. The molecule has 29 heavy (non-hydrogen) atoms. The van der Waals surface area contributed by atoms with Crippen LogP contribution in [-0.4, -0.2) is 42.8 Å². The summed E-state index contributed by atoms with van der Waals surface area (Å²) in [6.45, 7) is 0.996. The lowest BCUT2D eigenvalue weighted by Gasteiger charge is -2.32. The number of hydrogen-bond donors (Lipinski definition) is 0. The van der Waals surface area contributed by atoms with Crippen molar-refractivity contribution in [2.45, 2.75) is 18.8 Å². The van der Waals surface area contributed by atoms with Gasteiger partial charge in [0.05, 0.1) is 5.69 Å². The molecule has 1 saturated heterocycles. The van der Waals surface area contributed by atoms with Gasteiger partial charge in [0.15, 0.2) is 0 Å². The van der Waals surface area contributed by atoms with Crippen LogP contribution >= 0.6 is 0 Å². The minimum absolute atomic E-state index is 0.0885. The molecule has 1 unspecified atom stereocenters. The van der Waals surface area contributed by atoms with Crippen LogP contribution in [0.5, 0.6) is 0 Å². The maximum absolute atomic E-state index is 13.0. The molecule has 3 heterocycles. The predicted molar refractivity (Wildman–Crippen MR) is 108 cm³/mol. The van der Waals surface area contributed by atoms with Crippen LogP contribution in [0.15, 0.2) is 58.3 Å². The molecule has 1 aliphatic rings. The highest BCUT2D eigenvalue weighted by Crippen LogP contribution is 2.27. The third kappa shape index (κ3) is 3.41. The molecule has 4 rings (SSSR count). The quantitative estimate of drug-likeness (QED) is 0.671. The number of amides is 1. The van der Waals surface area contributed by atoms with Crippen molar-refractivity contribution in [1.29, 1.82) is 0 Å². The number of carbonyl (C=O) groups excluding carboxylic acids is 1. The lowest BCUT2D eigenvalue weighted by atomic mass is 9.96. The molecule has 2 aromatic heterocycles. The number of pyridine rings is 1. The highest BCUT2D eigenvalue weighted by Gasteiger charge is 2.31. The lowest BCUT2D eigenvalue weighted by Crippen LogP contribution is -2.42. The van der Waals surface area contributed by atoms with Gasteiger partial charge in [-0.1, -0.05) is 18.2 Å². The van der Waals surface area contributed by atoms with Gasteiger partial charge in [-0.3, -0.25) is 9.59 Å². The zero-order chi connectivity index (χ0) is 20.5. The van der Waals surface area contributed by atoms with Crippen LogP contribution in [0.1, 0.15) is 34.9 Å². The second kappa shape index (κ2) is 7.54. The summed E-state index contributed by atoms with van der Waals surface area (Å²) in [5, 5.41) is 4.47. The number of nitrogens with zero attached hydrogens (tertiary/aromatic N) is 5. The summed E-state index contributed by atoms with van der Waals surface area (Å²) in [5.41, 5.74) is 0.392. The molecule has 0 radical (unpaired) electrons. The molecule has 1 aromatic carbocycles. The highest BCUT2D eigenvalue weighted by atomic mass is 16.2. The number of rotatable bonds is 3. The first-order chi connectivity index (χ1) is 14.0. The van der Waals surface area contributed by atoms with Crippen molar-refractivity contribution < 1.29 is 4.79 Å². The number of benzene rings is 1. The van der Waals surface area contributed by atoms with Gasteiger partial charge in [0.25, 0.3) is 11.5 Å². The molecule has 1 fully saturated rings. The standard InChI is InChI=1S/C21H23N5O3/c1-23-12-7-11-17(19(23)27)20(28)25-13-6-8-15(14-25)18-22-24(2)21(29)26(18)16-9-4-3-5-10-16/h3-5,7,9-12,15H,6,8,13-14H2,1-2H3. The van der Waals surface area contributed by atoms with Crippen molar-refractivity contribution in [3.05, 3.63) is 80.9 Å². The molecule has 1 amide bonds. The Labute approximate surface area is 167 Å². The van der Waals surface area contributed by atoms with Gasteiger partial charge in [-0.15, -0.1) is 0 Å². The zero-order valence-electron chi connectivity index (χ0n) is 16.5. The number of hydrogen-bond acceptors (Lipinski definition) is 4. The lowest BCUT2D eigenvalue weighted by molar-refractivity contribution is 0.0701. The first-order valence-electron chi connectivity index (χ1n) is 9.63. The van der Waals surface area contributed by atoms with Crippen molar-refractivity contribution in [3.63, 3.8) is 0 Å². The van der Waals surface area contributed by atoms with Gasteiger partial charge < -0.3 is 9.47 Å². The summed E-state index contributed by atoms with van der Waals surface area (Å²) < 4.78 is 4.34. The van der Waals surface area contributed by atoms with E-state index in [1.54, 1.807) is 41.9 Å². The van der Waals surface area contributed by atoms with Crippen molar-refractivity contribution in [1.82, 2.24) is 23.8 Å². The van der Waals surface area contributed by atoms with Gasteiger partial charge in [-0.25, -0.2) is 14.0 Å². The molecular formula is C21H23N5O3. The smallest absolute Gasteiger partial charge is 0.338 e. The van der Waals surface area contributed by atoms with Gasteiger partial charge in [-0.2, -0.15) is 5.10 Å². The predicted octanol–water partition coefficient (Wildman–Crippen LogP) is 1.29. The van der Waals surface area contributed by atoms with E-state index in [0.717, 1.165) is 18.5 Å². The second-order valence-corrected chi connectivity index (χ2v) is 7.36. The van der Waals surface area contributed by atoms with E-state index in [4.69, 9.17) is 0 Å². The number of carbonyl (C=O) groups is 1. The Morgan fingerprint density at radius 2 is 1.83 bits per heavy atom. The largest absolute Gasteiger partial charge is 0.350 e. The molecule has 1 atom stereocenters. The van der Waals surface area contributed by atoms with Gasteiger partial charge in [0.1, 0.15) is 11.4 Å². The Morgan fingerprint density at radius 3 is 2.59 bits per heavy atom. The van der Waals surface area contributed by atoms with E-state index < -0.39 is 0 Å². The molecule has 0 spiro atoms. The van der Waals surface area contributed by atoms with Gasteiger partial charge >= 0.3 is 5.69 Å². The molecule has 3 aromatic rings. The van der Waals surface area contributed by atoms with Crippen LogP contribution in [0.25, 0.3) is 5.69 Å². The molecule has 0 aliphatic carbocycles. The molecule has 0 bridgehead atoms. The van der Waals surface area contributed by atoms with E-state index in [9.17, 15) is 14.4 Å².